The molecule has 3 nitrogen and oxygen atoms in total. The Morgan fingerprint density at radius 3 is 2.67 bits per heavy atom. The number of nitrogens with zero attached hydrogens (tertiary/aromatic N) is 1. The lowest BCUT2D eigenvalue weighted by atomic mass is 9.94. The van der Waals surface area contributed by atoms with E-state index in [1.54, 1.807) is 0 Å². The van der Waals surface area contributed by atoms with E-state index >= 15 is 0 Å². The molecule has 1 rings (SSSR count). The zero-order valence-electron chi connectivity index (χ0n) is 9.88. The second kappa shape index (κ2) is 6.09. The summed E-state index contributed by atoms with van der Waals surface area (Å²) < 4.78 is 5.31. The maximum Gasteiger partial charge on any atom is 0.0697 e. The average Bonchev–Trinajstić information content (AvgIpc) is 2.26. The Kier molecular flexibility index (Phi) is 5.07. The van der Waals surface area contributed by atoms with E-state index < -0.39 is 0 Å². The van der Waals surface area contributed by atoms with Crippen molar-refractivity contribution in [1.82, 2.24) is 5.32 Å². The normalized spacial score (nSPS) is 18.7. The van der Waals surface area contributed by atoms with Gasteiger partial charge in [-0.3, -0.25) is 0 Å². The van der Waals surface area contributed by atoms with E-state index in [1.165, 1.54) is 19.3 Å². The van der Waals surface area contributed by atoms with E-state index in [1.807, 2.05) is 13.8 Å². The summed E-state index contributed by atoms with van der Waals surface area (Å²) in [6.45, 7) is 7.59. The van der Waals surface area contributed by atoms with Crippen molar-refractivity contribution in [3.8, 4) is 6.07 Å². The Morgan fingerprint density at radius 2 is 2.07 bits per heavy atom. The molecule has 0 amide bonds. The van der Waals surface area contributed by atoms with E-state index in [2.05, 4.69) is 11.4 Å². The summed E-state index contributed by atoms with van der Waals surface area (Å²) in [5, 5.41) is 12.2. The Balaban J connectivity index is 2.04. The fraction of sp³-hybridized carbons (Fsp3) is 0.917. The number of nitrogens with one attached hydrogen (secondary N) is 1. The van der Waals surface area contributed by atoms with Gasteiger partial charge in [-0.25, -0.2) is 0 Å². The summed E-state index contributed by atoms with van der Waals surface area (Å²) in [5.41, 5.74) is -0.240. The monoisotopic (exact) mass is 210 g/mol. The van der Waals surface area contributed by atoms with Gasteiger partial charge in [0, 0.05) is 19.8 Å². The molecule has 1 heterocycles. The van der Waals surface area contributed by atoms with Gasteiger partial charge in [-0.15, -0.1) is 0 Å². The molecule has 1 saturated heterocycles. The largest absolute Gasteiger partial charge is 0.381 e. The Labute approximate surface area is 92.8 Å². The van der Waals surface area contributed by atoms with Crippen LogP contribution in [0.1, 0.15) is 33.1 Å². The molecule has 0 radical (unpaired) electrons. The Morgan fingerprint density at radius 1 is 1.40 bits per heavy atom. The van der Waals surface area contributed by atoms with E-state index in [4.69, 9.17) is 10.00 Å². The molecule has 3 heteroatoms. The van der Waals surface area contributed by atoms with Gasteiger partial charge in [0.2, 0.25) is 0 Å². The van der Waals surface area contributed by atoms with Crippen LogP contribution in [0.2, 0.25) is 0 Å². The summed E-state index contributed by atoms with van der Waals surface area (Å²) in [5.74, 6) is 0.816. The van der Waals surface area contributed by atoms with Crippen molar-refractivity contribution < 1.29 is 4.74 Å². The van der Waals surface area contributed by atoms with Crippen LogP contribution in [0, 0.1) is 22.7 Å². The van der Waals surface area contributed by atoms with Crippen LogP contribution in [-0.2, 0) is 4.74 Å². The predicted molar refractivity (Wildman–Crippen MR) is 60.4 cm³/mol. The third-order valence-electron chi connectivity index (χ3n) is 2.94. The van der Waals surface area contributed by atoms with E-state index in [9.17, 15) is 0 Å². The van der Waals surface area contributed by atoms with Crippen LogP contribution in [0.5, 0.6) is 0 Å². The van der Waals surface area contributed by atoms with Gasteiger partial charge in [0.05, 0.1) is 11.5 Å². The summed E-state index contributed by atoms with van der Waals surface area (Å²) in [6, 6.07) is 2.30. The fourth-order valence-corrected chi connectivity index (χ4v) is 1.78. The maximum atomic E-state index is 8.84. The predicted octanol–water partition coefficient (Wildman–Crippen LogP) is 1.94. The first-order valence-electron chi connectivity index (χ1n) is 5.84. The third kappa shape index (κ3) is 5.15. The first-order valence-corrected chi connectivity index (χ1v) is 5.84. The molecule has 0 bridgehead atoms. The van der Waals surface area contributed by atoms with Gasteiger partial charge in [-0.1, -0.05) is 0 Å². The standard InChI is InChI=1S/C12H22N2O/c1-12(2,9-13)10-14-6-3-11-4-7-15-8-5-11/h11,14H,3-8,10H2,1-2H3. The molecule has 0 atom stereocenters. The molecular formula is C12H22N2O. The van der Waals surface area contributed by atoms with Crippen molar-refractivity contribution in [3.05, 3.63) is 0 Å². The van der Waals surface area contributed by atoms with Crippen LogP contribution in [0.4, 0.5) is 0 Å². The molecule has 1 N–H and O–H groups in total. The highest BCUT2D eigenvalue weighted by Gasteiger charge is 2.17. The van der Waals surface area contributed by atoms with Crippen molar-refractivity contribution in [1.29, 1.82) is 5.26 Å². The van der Waals surface area contributed by atoms with Gasteiger partial charge in [-0.2, -0.15) is 5.26 Å². The van der Waals surface area contributed by atoms with Crippen LogP contribution < -0.4 is 5.32 Å². The molecule has 0 spiro atoms. The minimum atomic E-state index is -0.240. The van der Waals surface area contributed by atoms with Gasteiger partial charge in [-0.05, 0) is 45.6 Å². The highest BCUT2D eigenvalue weighted by molar-refractivity contribution is 4.93. The molecule has 0 aromatic rings. The minimum Gasteiger partial charge on any atom is -0.381 e. The van der Waals surface area contributed by atoms with Crippen LogP contribution in [0.15, 0.2) is 0 Å². The number of hydrogen-bond donors (Lipinski definition) is 1. The molecule has 1 aliphatic rings. The van der Waals surface area contributed by atoms with Crippen molar-refractivity contribution in [2.45, 2.75) is 33.1 Å². The van der Waals surface area contributed by atoms with Gasteiger partial charge in [0.25, 0.3) is 0 Å². The van der Waals surface area contributed by atoms with Crippen LogP contribution >= 0.6 is 0 Å². The summed E-state index contributed by atoms with van der Waals surface area (Å²) in [4.78, 5) is 0. The molecule has 0 aliphatic carbocycles. The van der Waals surface area contributed by atoms with Gasteiger partial charge >= 0.3 is 0 Å². The smallest absolute Gasteiger partial charge is 0.0697 e. The van der Waals surface area contributed by atoms with Crippen molar-refractivity contribution in [3.63, 3.8) is 0 Å². The molecule has 0 saturated carbocycles. The number of hydrogen-bond acceptors (Lipinski definition) is 3. The summed E-state index contributed by atoms with van der Waals surface area (Å²) in [7, 11) is 0. The van der Waals surface area contributed by atoms with Crippen LogP contribution in [0.3, 0.4) is 0 Å². The molecule has 0 unspecified atom stereocenters. The number of ether oxygens (including phenoxy) is 1. The fourth-order valence-electron chi connectivity index (χ4n) is 1.78. The van der Waals surface area contributed by atoms with Crippen LogP contribution in [-0.4, -0.2) is 26.3 Å². The van der Waals surface area contributed by atoms with E-state index in [-0.39, 0.29) is 5.41 Å². The molecule has 86 valence electrons. The SMILES string of the molecule is CC(C)(C#N)CNCCC1CCOCC1. The zero-order valence-corrected chi connectivity index (χ0v) is 9.88. The summed E-state index contributed by atoms with van der Waals surface area (Å²) in [6.07, 6.45) is 3.61. The molecule has 0 aromatic heterocycles. The van der Waals surface area contributed by atoms with Gasteiger partial charge < -0.3 is 10.1 Å². The second-order valence-corrected chi connectivity index (χ2v) is 5.02. The Bertz CT molecular complexity index is 214. The molecule has 0 aromatic carbocycles. The lowest BCUT2D eigenvalue weighted by molar-refractivity contribution is 0.0638. The van der Waals surface area contributed by atoms with Crippen LogP contribution in [0.25, 0.3) is 0 Å². The second-order valence-electron chi connectivity index (χ2n) is 5.02. The number of nitriles is 1. The van der Waals surface area contributed by atoms with E-state index in [0.717, 1.165) is 32.2 Å². The maximum absolute atomic E-state index is 8.84. The lowest BCUT2D eigenvalue weighted by Gasteiger charge is -2.23. The van der Waals surface area contributed by atoms with Crippen molar-refractivity contribution in [2.75, 3.05) is 26.3 Å². The van der Waals surface area contributed by atoms with Crippen molar-refractivity contribution in [2.24, 2.45) is 11.3 Å². The van der Waals surface area contributed by atoms with E-state index in [0.29, 0.717) is 0 Å². The molecule has 1 fully saturated rings. The topological polar surface area (TPSA) is 45.0 Å². The molecule has 1 aliphatic heterocycles. The highest BCUT2D eigenvalue weighted by Crippen LogP contribution is 2.18. The van der Waals surface area contributed by atoms with Gasteiger partial charge in [0.15, 0.2) is 0 Å². The zero-order chi connectivity index (χ0) is 11.1. The average molecular weight is 210 g/mol. The lowest BCUT2D eigenvalue weighted by Crippen LogP contribution is -2.30. The molecule has 15 heavy (non-hydrogen) atoms. The Hall–Kier alpha value is -0.590. The molecular weight excluding hydrogens is 188 g/mol. The summed E-state index contributed by atoms with van der Waals surface area (Å²) >= 11 is 0. The van der Waals surface area contributed by atoms with Gasteiger partial charge in [0.1, 0.15) is 0 Å². The number of rotatable bonds is 5. The first kappa shape index (κ1) is 12.5. The van der Waals surface area contributed by atoms with Crippen molar-refractivity contribution >= 4 is 0 Å². The quantitative estimate of drug-likeness (QED) is 0.705. The minimum absolute atomic E-state index is 0.240. The highest BCUT2D eigenvalue weighted by atomic mass is 16.5. The first-order chi connectivity index (χ1) is 7.14. The third-order valence-corrected chi connectivity index (χ3v) is 2.94.